The fraction of sp³-hybridized carbons (Fsp3) is 0.667. The topological polar surface area (TPSA) is 65.0 Å². The lowest BCUT2D eigenvalue weighted by molar-refractivity contribution is 0.240. The van der Waals surface area contributed by atoms with Crippen LogP contribution in [0.15, 0.2) is 35.3 Å². The molecule has 2 rings (SSSR count). The average molecular weight is 409 g/mol. The van der Waals surface area contributed by atoms with E-state index >= 15 is 0 Å². The van der Waals surface area contributed by atoms with Gasteiger partial charge in [0.25, 0.3) is 0 Å². The number of rotatable bonds is 7. The molecular formula is C21H36N4O2S. The lowest BCUT2D eigenvalue weighted by atomic mass is 10.1. The van der Waals surface area contributed by atoms with Gasteiger partial charge in [0.1, 0.15) is 0 Å². The Balaban J connectivity index is 1.93. The number of guanidine groups is 1. The predicted octanol–water partition coefficient (Wildman–Crippen LogP) is 2.37. The molecule has 0 spiro atoms. The first-order valence-electron chi connectivity index (χ1n) is 10.2. The number of hydrogen-bond donors (Lipinski definition) is 1. The second-order valence-electron chi connectivity index (χ2n) is 8.27. The molecule has 1 aliphatic rings. The molecule has 1 aliphatic heterocycles. The molecular weight excluding hydrogens is 372 g/mol. The zero-order valence-electron chi connectivity index (χ0n) is 18.0. The molecule has 28 heavy (non-hydrogen) atoms. The van der Waals surface area contributed by atoms with Gasteiger partial charge in [-0.2, -0.15) is 0 Å². The minimum absolute atomic E-state index is 0.181. The van der Waals surface area contributed by atoms with Gasteiger partial charge in [-0.1, -0.05) is 30.3 Å². The molecule has 0 aliphatic carbocycles. The van der Waals surface area contributed by atoms with Crippen molar-refractivity contribution in [2.75, 3.05) is 39.0 Å². The molecule has 0 amide bonds. The van der Waals surface area contributed by atoms with Gasteiger partial charge in [-0.15, -0.1) is 0 Å². The number of nitrogens with zero attached hydrogens (tertiary/aromatic N) is 3. The highest BCUT2D eigenvalue weighted by Gasteiger charge is 2.40. The SMILES string of the molecule is CCNC(=NCCC(C)N(C)Cc1ccccc1)N1CCS(=O)(=O)C(C)(C)C1. The molecule has 6 nitrogen and oxygen atoms in total. The van der Waals surface area contributed by atoms with Crippen LogP contribution in [0.25, 0.3) is 0 Å². The zero-order valence-corrected chi connectivity index (χ0v) is 18.8. The molecule has 1 N–H and O–H groups in total. The molecule has 0 radical (unpaired) electrons. The Labute approximate surface area is 170 Å². The summed E-state index contributed by atoms with van der Waals surface area (Å²) >= 11 is 0. The molecule has 0 bridgehead atoms. The summed E-state index contributed by atoms with van der Waals surface area (Å²) in [4.78, 5) is 9.22. The Kier molecular flexibility index (Phi) is 7.89. The Morgan fingerprint density at radius 1 is 1.32 bits per heavy atom. The third-order valence-corrected chi connectivity index (χ3v) is 8.05. The minimum atomic E-state index is -3.05. The van der Waals surface area contributed by atoms with Crippen LogP contribution >= 0.6 is 0 Å². The molecule has 1 atom stereocenters. The van der Waals surface area contributed by atoms with Crippen LogP contribution < -0.4 is 5.32 Å². The van der Waals surface area contributed by atoms with Crippen molar-refractivity contribution in [3.8, 4) is 0 Å². The van der Waals surface area contributed by atoms with Gasteiger partial charge in [-0.3, -0.25) is 9.89 Å². The molecule has 1 fully saturated rings. The normalized spacial score (nSPS) is 20.2. The quantitative estimate of drug-likeness (QED) is 0.554. The predicted molar refractivity (Wildman–Crippen MR) is 117 cm³/mol. The monoisotopic (exact) mass is 408 g/mol. The summed E-state index contributed by atoms with van der Waals surface area (Å²) in [7, 11) is -0.905. The summed E-state index contributed by atoms with van der Waals surface area (Å²) in [6.07, 6.45) is 0.952. The summed E-state index contributed by atoms with van der Waals surface area (Å²) in [6, 6.07) is 10.9. The first-order chi connectivity index (χ1) is 13.2. The van der Waals surface area contributed by atoms with Crippen LogP contribution in [0.5, 0.6) is 0 Å². The van der Waals surface area contributed by atoms with Crippen molar-refractivity contribution in [3.05, 3.63) is 35.9 Å². The maximum atomic E-state index is 12.3. The molecule has 7 heteroatoms. The van der Waals surface area contributed by atoms with E-state index in [1.54, 1.807) is 13.8 Å². The highest BCUT2D eigenvalue weighted by atomic mass is 32.2. The van der Waals surface area contributed by atoms with E-state index in [0.29, 0.717) is 25.7 Å². The van der Waals surface area contributed by atoms with Crippen molar-refractivity contribution in [2.24, 2.45) is 4.99 Å². The van der Waals surface area contributed by atoms with Gasteiger partial charge >= 0.3 is 0 Å². The average Bonchev–Trinajstić information content (AvgIpc) is 2.64. The van der Waals surface area contributed by atoms with Crippen molar-refractivity contribution in [2.45, 2.75) is 51.4 Å². The van der Waals surface area contributed by atoms with E-state index in [1.807, 2.05) is 13.0 Å². The van der Waals surface area contributed by atoms with Crippen molar-refractivity contribution in [3.63, 3.8) is 0 Å². The van der Waals surface area contributed by atoms with Crippen molar-refractivity contribution in [1.82, 2.24) is 15.1 Å². The number of hydrogen-bond acceptors (Lipinski definition) is 4. The van der Waals surface area contributed by atoms with Crippen LogP contribution in [-0.4, -0.2) is 73.9 Å². The van der Waals surface area contributed by atoms with Gasteiger partial charge in [-0.05, 0) is 46.7 Å². The summed E-state index contributed by atoms with van der Waals surface area (Å²) in [5.41, 5.74) is 1.31. The fourth-order valence-electron chi connectivity index (χ4n) is 3.36. The van der Waals surface area contributed by atoms with E-state index in [-0.39, 0.29) is 5.75 Å². The molecule has 0 saturated carbocycles. The Morgan fingerprint density at radius 3 is 2.61 bits per heavy atom. The maximum Gasteiger partial charge on any atom is 0.193 e. The van der Waals surface area contributed by atoms with Crippen LogP contribution in [0.2, 0.25) is 0 Å². The van der Waals surface area contributed by atoms with Crippen molar-refractivity contribution < 1.29 is 8.42 Å². The third kappa shape index (κ3) is 5.95. The second-order valence-corrected chi connectivity index (χ2v) is 11.0. The van der Waals surface area contributed by atoms with Gasteiger partial charge in [0, 0.05) is 38.8 Å². The van der Waals surface area contributed by atoms with Gasteiger partial charge in [-0.25, -0.2) is 8.42 Å². The smallest absolute Gasteiger partial charge is 0.193 e. The number of sulfone groups is 1. The molecule has 1 heterocycles. The molecule has 158 valence electrons. The van der Waals surface area contributed by atoms with E-state index < -0.39 is 14.6 Å². The van der Waals surface area contributed by atoms with Crippen LogP contribution in [0, 0.1) is 0 Å². The van der Waals surface area contributed by atoms with E-state index in [4.69, 9.17) is 4.99 Å². The highest BCUT2D eigenvalue weighted by molar-refractivity contribution is 7.92. The van der Waals surface area contributed by atoms with Crippen molar-refractivity contribution >= 4 is 15.8 Å². The number of aliphatic imine (C=N–C) groups is 1. The van der Waals surface area contributed by atoms with Crippen LogP contribution in [0.1, 0.15) is 39.7 Å². The first kappa shape index (κ1) is 22.7. The van der Waals surface area contributed by atoms with Gasteiger partial charge in [0.15, 0.2) is 15.8 Å². The Morgan fingerprint density at radius 2 is 2.00 bits per heavy atom. The maximum absolute atomic E-state index is 12.3. The molecule has 1 unspecified atom stereocenters. The van der Waals surface area contributed by atoms with Gasteiger partial charge < -0.3 is 10.2 Å². The van der Waals surface area contributed by atoms with Crippen LogP contribution in [0.4, 0.5) is 0 Å². The molecule has 1 aromatic rings. The summed E-state index contributed by atoms with van der Waals surface area (Å²) in [5.74, 6) is 1.00. The van der Waals surface area contributed by atoms with Gasteiger partial charge in [0.2, 0.25) is 0 Å². The second kappa shape index (κ2) is 9.74. The Hall–Kier alpha value is -1.60. The van der Waals surface area contributed by atoms with Crippen LogP contribution in [0.3, 0.4) is 0 Å². The van der Waals surface area contributed by atoms with E-state index in [9.17, 15) is 8.42 Å². The largest absolute Gasteiger partial charge is 0.357 e. The standard InChI is InChI=1S/C21H36N4O2S/c1-6-22-20(25-14-15-28(26,27)21(3,4)17-25)23-13-12-18(2)24(5)16-19-10-8-7-9-11-19/h7-11,18H,6,12-17H2,1-5H3,(H,22,23). The van der Waals surface area contributed by atoms with E-state index in [2.05, 4.69) is 53.4 Å². The summed E-state index contributed by atoms with van der Waals surface area (Å²) in [5, 5.41) is 3.33. The fourth-order valence-corrected chi connectivity index (χ4v) is 4.72. The van der Waals surface area contributed by atoms with Gasteiger partial charge in [0.05, 0.1) is 10.5 Å². The Bertz CT molecular complexity index is 747. The number of benzene rings is 1. The minimum Gasteiger partial charge on any atom is -0.357 e. The molecule has 0 aromatic heterocycles. The third-order valence-electron chi connectivity index (χ3n) is 5.51. The molecule has 1 aromatic carbocycles. The lowest BCUT2D eigenvalue weighted by Gasteiger charge is -2.39. The molecule has 1 saturated heterocycles. The summed E-state index contributed by atoms with van der Waals surface area (Å²) in [6.45, 7) is 11.3. The zero-order chi connectivity index (χ0) is 20.8. The first-order valence-corrected chi connectivity index (χ1v) is 11.8. The van der Waals surface area contributed by atoms with E-state index in [0.717, 1.165) is 25.5 Å². The summed E-state index contributed by atoms with van der Waals surface area (Å²) < 4.78 is 23.8. The number of nitrogens with one attached hydrogen (secondary N) is 1. The van der Waals surface area contributed by atoms with Crippen LogP contribution in [-0.2, 0) is 16.4 Å². The van der Waals surface area contributed by atoms with Crippen molar-refractivity contribution in [1.29, 1.82) is 0 Å². The lowest BCUT2D eigenvalue weighted by Crippen LogP contribution is -2.57. The van der Waals surface area contributed by atoms with E-state index in [1.165, 1.54) is 5.56 Å². The highest BCUT2D eigenvalue weighted by Crippen LogP contribution is 2.23.